The summed E-state index contributed by atoms with van der Waals surface area (Å²) in [7, 11) is 0. The van der Waals surface area contributed by atoms with Gasteiger partial charge < -0.3 is 4.74 Å². The van der Waals surface area contributed by atoms with Gasteiger partial charge in [0.25, 0.3) is 0 Å². The lowest BCUT2D eigenvalue weighted by Crippen LogP contribution is -1.97. The Labute approximate surface area is 99.1 Å². The first kappa shape index (κ1) is 12.8. The number of benzene rings is 1. The lowest BCUT2D eigenvalue weighted by Gasteiger charge is -2.06. The molecule has 0 unspecified atom stereocenters. The second kappa shape index (κ2) is 7.98. The van der Waals surface area contributed by atoms with Crippen molar-refractivity contribution in [2.45, 2.75) is 39.0 Å². The van der Waals surface area contributed by atoms with Crippen LogP contribution in [-0.2, 0) is 0 Å². The van der Waals surface area contributed by atoms with Gasteiger partial charge in [0.15, 0.2) is 0 Å². The van der Waals surface area contributed by atoms with E-state index in [-0.39, 0.29) is 0 Å². The van der Waals surface area contributed by atoms with Crippen molar-refractivity contribution in [2.75, 3.05) is 6.61 Å². The molecule has 0 saturated carbocycles. The normalized spacial score (nSPS) is 10.1. The van der Waals surface area contributed by atoms with Crippen LogP contribution in [0.5, 0.6) is 5.75 Å². The molecule has 0 fully saturated rings. The molecule has 0 saturated heterocycles. The highest BCUT2D eigenvalue weighted by Gasteiger charge is 1.94. The van der Waals surface area contributed by atoms with Crippen molar-refractivity contribution in [2.24, 2.45) is 0 Å². The standard InChI is InChI=1S/C15H22O/c1-3-5-6-7-8-12-16-15-11-9-10-14(4-2)13-15/h4,9-11,13H,2-3,5-8,12H2,1H3. The fourth-order valence-electron chi connectivity index (χ4n) is 1.63. The Kier molecular flexibility index (Phi) is 6.39. The molecule has 1 aromatic carbocycles. The molecule has 0 heterocycles. The van der Waals surface area contributed by atoms with Crippen molar-refractivity contribution in [3.8, 4) is 5.75 Å². The van der Waals surface area contributed by atoms with Gasteiger partial charge >= 0.3 is 0 Å². The molecule has 0 radical (unpaired) electrons. The SMILES string of the molecule is C=Cc1cccc(OCCCCCCC)c1. The highest BCUT2D eigenvalue weighted by atomic mass is 16.5. The smallest absolute Gasteiger partial charge is 0.119 e. The fraction of sp³-hybridized carbons (Fsp3) is 0.467. The number of ether oxygens (including phenoxy) is 1. The van der Waals surface area contributed by atoms with Crippen LogP contribution < -0.4 is 4.74 Å². The van der Waals surface area contributed by atoms with Gasteiger partial charge in [0.2, 0.25) is 0 Å². The van der Waals surface area contributed by atoms with Gasteiger partial charge in [-0.3, -0.25) is 0 Å². The van der Waals surface area contributed by atoms with Gasteiger partial charge in [-0.1, -0.05) is 57.4 Å². The van der Waals surface area contributed by atoms with Crippen molar-refractivity contribution in [1.82, 2.24) is 0 Å². The van der Waals surface area contributed by atoms with E-state index in [1.54, 1.807) is 0 Å². The van der Waals surface area contributed by atoms with E-state index in [9.17, 15) is 0 Å². The van der Waals surface area contributed by atoms with Crippen molar-refractivity contribution >= 4 is 6.08 Å². The summed E-state index contributed by atoms with van der Waals surface area (Å²) >= 11 is 0. The zero-order valence-corrected chi connectivity index (χ0v) is 10.2. The zero-order valence-electron chi connectivity index (χ0n) is 10.2. The topological polar surface area (TPSA) is 9.23 Å². The first-order chi connectivity index (χ1) is 7.86. The summed E-state index contributed by atoms with van der Waals surface area (Å²) in [6, 6.07) is 8.06. The van der Waals surface area contributed by atoms with E-state index in [1.165, 1.54) is 25.7 Å². The average molecular weight is 218 g/mol. The Morgan fingerprint density at radius 1 is 1.19 bits per heavy atom. The minimum atomic E-state index is 0.824. The Balaban J connectivity index is 2.18. The molecular formula is C15H22O. The van der Waals surface area contributed by atoms with E-state index >= 15 is 0 Å². The van der Waals surface area contributed by atoms with E-state index in [2.05, 4.69) is 13.5 Å². The van der Waals surface area contributed by atoms with E-state index in [4.69, 9.17) is 4.74 Å². The first-order valence-corrected chi connectivity index (χ1v) is 6.22. The van der Waals surface area contributed by atoms with E-state index in [0.29, 0.717) is 0 Å². The third-order valence-corrected chi connectivity index (χ3v) is 2.61. The first-order valence-electron chi connectivity index (χ1n) is 6.22. The predicted octanol–water partition coefficient (Wildman–Crippen LogP) is 4.68. The summed E-state index contributed by atoms with van der Waals surface area (Å²) in [6.07, 6.45) is 8.22. The Morgan fingerprint density at radius 2 is 2.00 bits per heavy atom. The van der Waals surface area contributed by atoms with E-state index in [1.807, 2.05) is 30.3 Å². The molecular weight excluding hydrogens is 196 g/mol. The molecule has 88 valence electrons. The van der Waals surface area contributed by atoms with Gasteiger partial charge in [-0.05, 0) is 24.1 Å². The minimum Gasteiger partial charge on any atom is -0.494 e. The molecule has 1 nitrogen and oxygen atoms in total. The van der Waals surface area contributed by atoms with Crippen LogP contribution in [0.2, 0.25) is 0 Å². The summed E-state index contributed by atoms with van der Waals surface area (Å²) in [5, 5.41) is 0. The molecule has 0 atom stereocenters. The largest absolute Gasteiger partial charge is 0.494 e. The third kappa shape index (κ3) is 5.01. The van der Waals surface area contributed by atoms with Gasteiger partial charge in [0, 0.05) is 0 Å². The molecule has 1 aromatic rings. The van der Waals surface area contributed by atoms with Crippen molar-refractivity contribution in [1.29, 1.82) is 0 Å². The number of hydrogen-bond acceptors (Lipinski definition) is 1. The molecule has 1 heteroatoms. The predicted molar refractivity (Wildman–Crippen MR) is 70.8 cm³/mol. The van der Waals surface area contributed by atoms with Crippen LogP contribution in [0.3, 0.4) is 0 Å². The molecule has 0 aromatic heterocycles. The van der Waals surface area contributed by atoms with E-state index < -0.39 is 0 Å². The monoisotopic (exact) mass is 218 g/mol. The van der Waals surface area contributed by atoms with Gasteiger partial charge in [-0.25, -0.2) is 0 Å². The number of rotatable bonds is 8. The number of unbranched alkanes of at least 4 members (excludes halogenated alkanes) is 4. The Morgan fingerprint density at radius 3 is 2.75 bits per heavy atom. The summed E-state index contributed by atoms with van der Waals surface area (Å²) < 4.78 is 5.68. The van der Waals surface area contributed by atoms with Gasteiger partial charge in [0.05, 0.1) is 6.61 Å². The van der Waals surface area contributed by atoms with Crippen molar-refractivity contribution in [3.05, 3.63) is 36.4 Å². The maximum atomic E-state index is 5.68. The molecule has 1 rings (SSSR count). The summed E-state index contributed by atoms with van der Waals surface area (Å²) in [5.74, 6) is 0.952. The van der Waals surface area contributed by atoms with Crippen LogP contribution in [0.15, 0.2) is 30.8 Å². The van der Waals surface area contributed by atoms with E-state index in [0.717, 1.165) is 24.3 Å². The second-order valence-electron chi connectivity index (χ2n) is 4.04. The summed E-state index contributed by atoms with van der Waals surface area (Å²) in [6.45, 7) is 6.80. The average Bonchev–Trinajstić information content (AvgIpc) is 2.34. The molecule has 0 N–H and O–H groups in total. The van der Waals surface area contributed by atoms with Gasteiger partial charge in [0.1, 0.15) is 5.75 Å². The minimum absolute atomic E-state index is 0.824. The van der Waals surface area contributed by atoms with Gasteiger partial charge in [-0.2, -0.15) is 0 Å². The summed E-state index contributed by atoms with van der Waals surface area (Å²) in [4.78, 5) is 0. The lowest BCUT2D eigenvalue weighted by atomic mass is 10.2. The zero-order chi connectivity index (χ0) is 11.6. The molecule has 0 bridgehead atoms. The van der Waals surface area contributed by atoms with Crippen LogP contribution in [0, 0.1) is 0 Å². The molecule has 0 aliphatic rings. The lowest BCUT2D eigenvalue weighted by molar-refractivity contribution is 0.304. The summed E-state index contributed by atoms with van der Waals surface area (Å²) in [5.41, 5.74) is 1.11. The van der Waals surface area contributed by atoms with Crippen LogP contribution in [-0.4, -0.2) is 6.61 Å². The second-order valence-corrected chi connectivity index (χ2v) is 4.04. The fourth-order valence-corrected chi connectivity index (χ4v) is 1.63. The molecule has 0 aliphatic heterocycles. The van der Waals surface area contributed by atoms with Crippen molar-refractivity contribution in [3.63, 3.8) is 0 Å². The van der Waals surface area contributed by atoms with Crippen LogP contribution in [0.1, 0.15) is 44.6 Å². The van der Waals surface area contributed by atoms with Crippen LogP contribution in [0.4, 0.5) is 0 Å². The molecule has 0 aliphatic carbocycles. The maximum Gasteiger partial charge on any atom is 0.119 e. The highest BCUT2D eigenvalue weighted by molar-refractivity contribution is 5.49. The third-order valence-electron chi connectivity index (χ3n) is 2.61. The molecule has 16 heavy (non-hydrogen) atoms. The van der Waals surface area contributed by atoms with Crippen molar-refractivity contribution < 1.29 is 4.74 Å². The number of hydrogen-bond donors (Lipinski definition) is 0. The Bertz CT molecular complexity index is 304. The molecule has 0 amide bonds. The highest BCUT2D eigenvalue weighted by Crippen LogP contribution is 2.14. The Hall–Kier alpha value is -1.24. The van der Waals surface area contributed by atoms with Crippen LogP contribution in [0.25, 0.3) is 6.08 Å². The maximum absolute atomic E-state index is 5.68. The quantitative estimate of drug-likeness (QED) is 0.576. The van der Waals surface area contributed by atoms with Crippen LogP contribution >= 0.6 is 0 Å². The van der Waals surface area contributed by atoms with Gasteiger partial charge in [-0.15, -0.1) is 0 Å². The molecule has 0 spiro atoms.